The first-order valence-electron chi connectivity index (χ1n) is 6.57. The van der Waals surface area contributed by atoms with Gasteiger partial charge < -0.3 is 15.4 Å². The molecule has 0 bridgehead atoms. The van der Waals surface area contributed by atoms with Gasteiger partial charge in [0.15, 0.2) is 0 Å². The van der Waals surface area contributed by atoms with E-state index in [1.165, 1.54) is 17.2 Å². The molecule has 0 aliphatic heterocycles. The summed E-state index contributed by atoms with van der Waals surface area (Å²) in [6.07, 6.45) is 3.09. The molecule has 1 atom stereocenters. The van der Waals surface area contributed by atoms with Crippen LogP contribution < -0.4 is 5.32 Å². The Morgan fingerprint density at radius 1 is 1.50 bits per heavy atom. The van der Waals surface area contributed by atoms with E-state index in [9.17, 15) is 14.7 Å². The molecule has 2 rings (SSSR count). The quantitative estimate of drug-likeness (QED) is 0.723. The SMILES string of the molecule is Cc1nn(CC(=O)NC(Cc2cnc[nH]2)C(=O)O)c(C)c1Cl. The summed E-state index contributed by atoms with van der Waals surface area (Å²) in [4.78, 5) is 29.9. The van der Waals surface area contributed by atoms with Crippen LogP contribution >= 0.6 is 11.6 Å². The molecule has 0 fully saturated rings. The molecular formula is C13H16ClN5O3. The van der Waals surface area contributed by atoms with Crippen molar-refractivity contribution in [2.24, 2.45) is 0 Å². The summed E-state index contributed by atoms with van der Waals surface area (Å²) >= 11 is 6.01. The molecule has 0 saturated carbocycles. The van der Waals surface area contributed by atoms with Gasteiger partial charge in [-0.1, -0.05) is 11.6 Å². The smallest absolute Gasteiger partial charge is 0.326 e. The largest absolute Gasteiger partial charge is 0.480 e. The van der Waals surface area contributed by atoms with Crippen LogP contribution in [-0.4, -0.2) is 42.8 Å². The van der Waals surface area contributed by atoms with E-state index in [0.29, 0.717) is 22.1 Å². The van der Waals surface area contributed by atoms with Gasteiger partial charge in [-0.3, -0.25) is 9.48 Å². The topological polar surface area (TPSA) is 113 Å². The van der Waals surface area contributed by atoms with Crippen molar-refractivity contribution >= 4 is 23.5 Å². The van der Waals surface area contributed by atoms with Crippen LogP contribution in [0, 0.1) is 13.8 Å². The Morgan fingerprint density at radius 3 is 2.73 bits per heavy atom. The highest BCUT2D eigenvalue weighted by molar-refractivity contribution is 6.31. The number of H-pyrrole nitrogens is 1. The van der Waals surface area contributed by atoms with Crippen molar-refractivity contribution in [3.05, 3.63) is 34.6 Å². The summed E-state index contributed by atoms with van der Waals surface area (Å²) in [7, 11) is 0. The monoisotopic (exact) mass is 325 g/mol. The number of carboxylic acid groups (broad SMARTS) is 1. The maximum atomic E-state index is 12.0. The number of hydrogen-bond donors (Lipinski definition) is 3. The van der Waals surface area contributed by atoms with E-state index in [1.807, 2.05) is 0 Å². The molecule has 0 aromatic carbocycles. The fraction of sp³-hybridized carbons (Fsp3) is 0.385. The predicted molar refractivity (Wildman–Crippen MR) is 78.6 cm³/mol. The highest BCUT2D eigenvalue weighted by atomic mass is 35.5. The predicted octanol–water partition coefficient (Wildman–Crippen LogP) is 0.689. The van der Waals surface area contributed by atoms with Crippen LogP contribution in [0.1, 0.15) is 17.1 Å². The fourth-order valence-electron chi connectivity index (χ4n) is 2.02. The third kappa shape index (κ3) is 3.64. The van der Waals surface area contributed by atoms with Gasteiger partial charge in [0.25, 0.3) is 0 Å². The van der Waals surface area contributed by atoms with Gasteiger partial charge in [-0.15, -0.1) is 0 Å². The van der Waals surface area contributed by atoms with E-state index < -0.39 is 17.9 Å². The average Bonchev–Trinajstić information content (AvgIpc) is 3.03. The lowest BCUT2D eigenvalue weighted by atomic mass is 10.1. The van der Waals surface area contributed by atoms with E-state index >= 15 is 0 Å². The molecule has 118 valence electrons. The first-order chi connectivity index (χ1) is 10.4. The molecule has 0 saturated heterocycles. The summed E-state index contributed by atoms with van der Waals surface area (Å²) in [5, 5.41) is 16.3. The van der Waals surface area contributed by atoms with Crippen LogP contribution in [0.5, 0.6) is 0 Å². The van der Waals surface area contributed by atoms with Crippen molar-refractivity contribution in [1.29, 1.82) is 0 Å². The number of carboxylic acids is 1. The summed E-state index contributed by atoms with van der Waals surface area (Å²) in [5.41, 5.74) is 1.91. The zero-order chi connectivity index (χ0) is 16.3. The number of aryl methyl sites for hydroxylation is 1. The number of aliphatic carboxylic acids is 1. The van der Waals surface area contributed by atoms with Crippen LogP contribution in [0.3, 0.4) is 0 Å². The highest BCUT2D eigenvalue weighted by Crippen LogP contribution is 2.18. The van der Waals surface area contributed by atoms with Crippen molar-refractivity contribution in [2.75, 3.05) is 0 Å². The number of carbonyl (C=O) groups excluding carboxylic acids is 1. The number of aromatic nitrogens is 4. The first-order valence-corrected chi connectivity index (χ1v) is 6.95. The Hall–Kier alpha value is -2.35. The average molecular weight is 326 g/mol. The minimum absolute atomic E-state index is 0.0911. The molecule has 9 heteroatoms. The Labute approximate surface area is 131 Å². The minimum Gasteiger partial charge on any atom is -0.480 e. The maximum absolute atomic E-state index is 12.0. The van der Waals surface area contributed by atoms with Crippen molar-refractivity contribution in [2.45, 2.75) is 32.9 Å². The Balaban J connectivity index is 2.02. The van der Waals surface area contributed by atoms with E-state index in [1.54, 1.807) is 13.8 Å². The summed E-state index contributed by atoms with van der Waals surface area (Å²) in [5.74, 6) is -1.57. The molecule has 0 spiro atoms. The van der Waals surface area contributed by atoms with E-state index in [2.05, 4.69) is 20.4 Å². The van der Waals surface area contributed by atoms with Gasteiger partial charge >= 0.3 is 5.97 Å². The molecular weight excluding hydrogens is 310 g/mol. The van der Waals surface area contributed by atoms with Crippen molar-refractivity contribution in [1.82, 2.24) is 25.1 Å². The zero-order valence-electron chi connectivity index (χ0n) is 12.1. The summed E-state index contributed by atoms with van der Waals surface area (Å²) in [6, 6.07) is -1.04. The maximum Gasteiger partial charge on any atom is 0.326 e. The number of nitrogens with one attached hydrogen (secondary N) is 2. The number of rotatable bonds is 6. The number of nitrogens with zero attached hydrogens (tertiary/aromatic N) is 3. The number of hydrogen-bond acceptors (Lipinski definition) is 4. The second-order valence-electron chi connectivity index (χ2n) is 4.88. The number of imidazole rings is 1. The van der Waals surface area contributed by atoms with Gasteiger partial charge in [0, 0.05) is 18.3 Å². The number of carbonyl (C=O) groups is 2. The lowest BCUT2D eigenvalue weighted by Gasteiger charge is -2.14. The Morgan fingerprint density at radius 2 is 2.23 bits per heavy atom. The zero-order valence-corrected chi connectivity index (χ0v) is 12.9. The molecule has 3 N–H and O–H groups in total. The molecule has 0 aliphatic carbocycles. The number of amides is 1. The lowest BCUT2D eigenvalue weighted by Crippen LogP contribution is -2.44. The van der Waals surface area contributed by atoms with E-state index in [4.69, 9.17) is 11.6 Å². The summed E-state index contributed by atoms with van der Waals surface area (Å²) in [6.45, 7) is 3.39. The van der Waals surface area contributed by atoms with Crippen LogP contribution in [0.4, 0.5) is 0 Å². The standard InChI is InChI=1S/C13H16ClN5O3/c1-7-12(14)8(2)19(18-7)5-11(20)17-10(13(21)22)3-9-4-15-6-16-9/h4,6,10H,3,5H2,1-2H3,(H,15,16)(H,17,20)(H,21,22). The highest BCUT2D eigenvalue weighted by Gasteiger charge is 2.22. The van der Waals surface area contributed by atoms with Crippen LogP contribution in [0.2, 0.25) is 5.02 Å². The molecule has 1 amide bonds. The molecule has 2 aromatic heterocycles. The van der Waals surface area contributed by atoms with Crippen molar-refractivity contribution in [3.8, 4) is 0 Å². The fourth-order valence-corrected chi connectivity index (χ4v) is 2.16. The third-order valence-electron chi connectivity index (χ3n) is 3.20. The second kappa shape index (κ2) is 6.61. The van der Waals surface area contributed by atoms with Gasteiger partial charge in [-0.05, 0) is 13.8 Å². The summed E-state index contributed by atoms with van der Waals surface area (Å²) < 4.78 is 1.45. The van der Waals surface area contributed by atoms with Crippen molar-refractivity contribution in [3.63, 3.8) is 0 Å². The van der Waals surface area contributed by atoms with Crippen LogP contribution in [0.15, 0.2) is 12.5 Å². The molecule has 1 unspecified atom stereocenters. The van der Waals surface area contributed by atoms with Gasteiger partial charge in [0.1, 0.15) is 12.6 Å². The van der Waals surface area contributed by atoms with Gasteiger partial charge in [-0.25, -0.2) is 9.78 Å². The molecule has 2 aromatic rings. The van der Waals surface area contributed by atoms with Crippen LogP contribution in [0.25, 0.3) is 0 Å². The molecule has 22 heavy (non-hydrogen) atoms. The molecule has 2 heterocycles. The van der Waals surface area contributed by atoms with Gasteiger partial charge in [0.2, 0.25) is 5.91 Å². The number of aromatic amines is 1. The van der Waals surface area contributed by atoms with Gasteiger partial charge in [-0.2, -0.15) is 5.10 Å². The normalized spacial score (nSPS) is 12.1. The molecule has 0 aliphatic rings. The number of halogens is 1. The molecule has 8 nitrogen and oxygen atoms in total. The first kappa shape index (κ1) is 16.0. The third-order valence-corrected chi connectivity index (χ3v) is 3.75. The van der Waals surface area contributed by atoms with Crippen molar-refractivity contribution < 1.29 is 14.7 Å². The minimum atomic E-state index is -1.12. The van der Waals surface area contributed by atoms with E-state index in [0.717, 1.165) is 0 Å². The Bertz CT molecular complexity index is 680. The second-order valence-corrected chi connectivity index (χ2v) is 5.26. The van der Waals surface area contributed by atoms with Gasteiger partial charge in [0.05, 0.1) is 22.7 Å². The van der Waals surface area contributed by atoms with E-state index in [-0.39, 0.29) is 13.0 Å². The molecule has 0 radical (unpaired) electrons. The van der Waals surface area contributed by atoms with Crippen LogP contribution in [-0.2, 0) is 22.6 Å². The lowest BCUT2D eigenvalue weighted by molar-refractivity contribution is -0.141. The Kier molecular flexibility index (Phi) is 4.81.